The van der Waals surface area contributed by atoms with E-state index in [1.165, 1.54) is 0 Å². The van der Waals surface area contributed by atoms with Crippen molar-refractivity contribution in [2.75, 3.05) is 6.61 Å². The van der Waals surface area contributed by atoms with Gasteiger partial charge in [-0.2, -0.15) is 0 Å². The van der Waals surface area contributed by atoms with Gasteiger partial charge < -0.3 is 43.0 Å². The molecule has 0 bridgehead atoms. The van der Waals surface area contributed by atoms with E-state index in [0.29, 0.717) is 5.56 Å². The Kier molecular flexibility index (Phi) is 14.8. The van der Waals surface area contributed by atoms with Crippen LogP contribution < -0.4 is 0 Å². The van der Waals surface area contributed by atoms with Crippen LogP contribution in [0, 0.1) is 21.7 Å². The molecule has 0 spiro atoms. The Hall–Kier alpha value is -2.86. The molecule has 2 saturated heterocycles. The van der Waals surface area contributed by atoms with Crippen LogP contribution >= 0.6 is 22.6 Å². The number of rotatable bonds is 9. The minimum absolute atomic E-state index is 0.306. The minimum atomic E-state index is -1.65. The van der Waals surface area contributed by atoms with Crippen molar-refractivity contribution in [2.24, 2.45) is 21.7 Å². The van der Waals surface area contributed by atoms with Gasteiger partial charge in [0, 0.05) is 0 Å². The normalized spacial score (nSPS) is 29.4. The molecule has 3 rings (SSSR count). The largest absolute Gasteiger partial charge is 0.455 e. The summed E-state index contributed by atoms with van der Waals surface area (Å²) in [5.41, 5.74) is -3.87. The highest BCUT2D eigenvalue weighted by atomic mass is 127. The maximum atomic E-state index is 13.5. The van der Waals surface area contributed by atoms with E-state index in [2.05, 4.69) is 0 Å². The topological polar surface area (TPSA) is 179 Å². The third kappa shape index (κ3) is 11.8. The van der Waals surface area contributed by atoms with Crippen LogP contribution in [0.1, 0.15) is 100 Å². The van der Waals surface area contributed by atoms with Crippen LogP contribution in [-0.2, 0) is 57.1 Å². The highest BCUT2D eigenvalue weighted by Crippen LogP contribution is 2.36. The van der Waals surface area contributed by atoms with Crippen LogP contribution in [-0.4, -0.2) is 101 Å². The van der Waals surface area contributed by atoms with Gasteiger partial charge in [-0.1, -0.05) is 40.8 Å². The standard InChI is InChI=1S/C39H57IO14/c1-20-25(50-29(42)21-17-15-14-16-18-21)24(41)23(40)30(48-20)47-19-22-26(51-32(43)36(2,3)4)27(52-33(44)37(5,6)7)28(53-34(45)38(8,9)10)31(49-22)54-35(46)39(11,12)13/h14-18,20,22-28,30-31,41H,19H2,1-13H3/t20-,22+,23+,24-,25-,26+,27-,28-,30+,31-/m0/s1. The molecule has 0 aliphatic carbocycles. The number of hydrogen-bond donors (Lipinski definition) is 1. The molecule has 0 aromatic heterocycles. The van der Waals surface area contributed by atoms with Crippen LogP contribution in [0.4, 0.5) is 0 Å². The monoisotopic (exact) mass is 876 g/mol. The number of aliphatic hydroxyl groups is 1. The van der Waals surface area contributed by atoms with Crippen molar-refractivity contribution in [3.05, 3.63) is 35.9 Å². The van der Waals surface area contributed by atoms with Crippen molar-refractivity contribution >= 4 is 52.4 Å². The van der Waals surface area contributed by atoms with E-state index in [0.717, 1.165) is 0 Å². The number of alkyl halides is 1. The average Bonchev–Trinajstić information content (AvgIpc) is 3.05. The van der Waals surface area contributed by atoms with E-state index < -0.39 is 117 Å². The summed E-state index contributed by atoms with van der Waals surface area (Å²) in [4.78, 5) is 66.6. The maximum absolute atomic E-state index is 13.5. The molecule has 14 nitrogen and oxygen atoms in total. The third-order valence-corrected chi connectivity index (χ3v) is 9.73. The van der Waals surface area contributed by atoms with E-state index in [1.54, 1.807) is 120 Å². The molecule has 0 radical (unpaired) electrons. The molecular formula is C39H57IO14. The second-order valence-corrected chi connectivity index (χ2v) is 19.2. The zero-order valence-electron chi connectivity index (χ0n) is 33.5. The fourth-order valence-electron chi connectivity index (χ4n) is 4.93. The molecule has 1 aromatic carbocycles. The van der Waals surface area contributed by atoms with Crippen LogP contribution in [0.2, 0.25) is 0 Å². The lowest BCUT2D eigenvalue weighted by Crippen LogP contribution is -2.65. The van der Waals surface area contributed by atoms with Gasteiger partial charge in [0.25, 0.3) is 0 Å². The summed E-state index contributed by atoms with van der Waals surface area (Å²) in [7, 11) is 0. The van der Waals surface area contributed by atoms with Crippen molar-refractivity contribution < 1.29 is 67.0 Å². The molecule has 2 fully saturated rings. The summed E-state index contributed by atoms with van der Waals surface area (Å²) >= 11 is 1.93. The molecule has 0 saturated carbocycles. The predicted octanol–water partition coefficient (Wildman–Crippen LogP) is 5.33. The first kappa shape index (κ1) is 45.5. The Morgan fingerprint density at radius 2 is 1.06 bits per heavy atom. The first-order chi connectivity index (χ1) is 24.6. The van der Waals surface area contributed by atoms with Crippen molar-refractivity contribution in [1.29, 1.82) is 0 Å². The lowest BCUT2D eigenvalue weighted by Gasteiger charge is -2.46. The van der Waals surface area contributed by atoms with Gasteiger partial charge in [0.15, 0.2) is 24.6 Å². The Morgan fingerprint density at radius 1 is 0.611 bits per heavy atom. The molecule has 15 heteroatoms. The quantitative estimate of drug-likeness (QED) is 0.146. The SMILES string of the molecule is C[C@@H]1O[C@@H](OC[C@H]2O[C@@H](OC(=O)C(C)(C)C)[C@@H](OC(=O)C(C)(C)C)[C@@H](OC(=O)C(C)(C)C)[C@@H]2OC(=O)C(C)(C)C)[C@H](I)[C@H](O)[C@H]1OC(=O)c1ccccc1. The summed E-state index contributed by atoms with van der Waals surface area (Å²) in [6, 6.07) is 8.33. The molecule has 2 aliphatic rings. The van der Waals surface area contributed by atoms with E-state index in [1.807, 2.05) is 22.6 Å². The average molecular weight is 877 g/mol. The molecule has 2 aliphatic heterocycles. The van der Waals surface area contributed by atoms with Gasteiger partial charge >= 0.3 is 29.8 Å². The second kappa shape index (κ2) is 17.5. The summed E-state index contributed by atoms with van der Waals surface area (Å²) in [6.07, 6.45) is -11.7. The molecule has 2 heterocycles. The van der Waals surface area contributed by atoms with Crippen molar-refractivity contribution in [3.8, 4) is 0 Å². The number of carbonyl (C=O) groups excluding carboxylic acids is 5. The number of hydrogen-bond acceptors (Lipinski definition) is 14. The highest BCUT2D eigenvalue weighted by molar-refractivity contribution is 14.1. The van der Waals surface area contributed by atoms with E-state index >= 15 is 0 Å². The molecule has 1 aromatic rings. The number of esters is 5. The molecule has 10 atom stereocenters. The van der Waals surface area contributed by atoms with Gasteiger partial charge in [0.1, 0.15) is 12.2 Å². The third-order valence-electron chi connectivity index (χ3n) is 8.40. The lowest BCUT2D eigenvalue weighted by atomic mass is 9.93. The Bertz CT molecular complexity index is 1490. The Morgan fingerprint density at radius 3 is 1.54 bits per heavy atom. The van der Waals surface area contributed by atoms with Gasteiger partial charge in [0.05, 0.1) is 43.9 Å². The van der Waals surface area contributed by atoms with Gasteiger partial charge in [-0.25, -0.2) is 4.79 Å². The second-order valence-electron chi connectivity index (χ2n) is 17.8. The maximum Gasteiger partial charge on any atom is 0.338 e. The first-order valence-electron chi connectivity index (χ1n) is 18.0. The predicted molar refractivity (Wildman–Crippen MR) is 202 cm³/mol. The van der Waals surface area contributed by atoms with Gasteiger partial charge in [0.2, 0.25) is 12.4 Å². The van der Waals surface area contributed by atoms with Crippen LogP contribution in [0.15, 0.2) is 30.3 Å². The first-order valence-corrected chi connectivity index (χ1v) is 19.2. The van der Waals surface area contributed by atoms with E-state index in [9.17, 15) is 29.1 Å². The molecular weight excluding hydrogens is 819 g/mol. The lowest BCUT2D eigenvalue weighted by molar-refractivity contribution is -0.316. The fraction of sp³-hybridized carbons (Fsp3) is 0.718. The van der Waals surface area contributed by atoms with Gasteiger partial charge in [-0.15, -0.1) is 0 Å². The number of halogens is 1. The van der Waals surface area contributed by atoms with Gasteiger partial charge in [-0.05, 0) is 102 Å². The zero-order chi connectivity index (χ0) is 41.1. The molecule has 304 valence electrons. The summed E-state index contributed by atoms with van der Waals surface area (Å²) in [5, 5.41) is 11.3. The summed E-state index contributed by atoms with van der Waals surface area (Å²) in [5.74, 6) is -3.50. The minimum Gasteiger partial charge on any atom is -0.455 e. The molecule has 0 unspecified atom stereocenters. The summed E-state index contributed by atoms with van der Waals surface area (Å²) < 4.78 is 47.2. The van der Waals surface area contributed by atoms with Crippen molar-refractivity contribution in [2.45, 2.75) is 149 Å². The van der Waals surface area contributed by atoms with E-state index in [-0.39, 0.29) is 0 Å². The summed E-state index contributed by atoms with van der Waals surface area (Å²) in [6.45, 7) is 20.7. The van der Waals surface area contributed by atoms with Gasteiger partial charge in [-0.3, -0.25) is 19.2 Å². The number of ether oxygens (including phenoxy) is 8. The van der Waals surface area contributed by atoms with Crippen molar-refractivity contribution in [3.63, 3.8) is 0 Å². The van der Waals surface area contributed by atoms with Crippen molar-refractivity contribution in [1.82, 2.24) is 0 Å². The van der Waals surface area contributed by atoms with Crippen LogP contribution in [0.5, 0.6) is 0 Å². The number of carbonyl (C=O) groups is 5. The zero-order valence-corrected chi connectivity index (χ0v) is 35.7. The van der Waals surface area contributed by atoms with Crippen LogP contribution in [0.25, 0.3) is 0 Å². The number of benzene rings is 1. The molecule has 0 amide bonds. The molecule has 1 N–H and O–H groups in total. The smallest absolute Gasteiger partial charge is 0.338 e. The Labute approximate surface area is 331 Å². The van der Waals surface area contributed by atoms with Crippen LogP contribution in [0.3, 0.4) is 0 Å². The molecule has 54 heavy (non-hydrogen) atoms. The van der Waals surface area contributed by atoms with E-state index in [4.69, 9.17) is 37.9 Å². The number of aliphatic hydroxyl groups excluding tert-OH is 1. The Balaban J connectivity index is 2.02. The fourth-order valence-corrected chi connectivity index (χ4v) is 5.72. The highest BCUT2D eigenvalue weighted by Gasteiger charge is 2.56.